The standard InChI is InChI=1S/C34H46N2O6S4/c1-7-13-15-21(9-3)19-41-31(37)23(17-35)33-43-27-25(39-11-5)29-30(26(40-12-6)28(27)44-33)46-34(45-29)24(18-36)32(38)42-20-22(10-4)16-14-8-2/h17,21-22,35H,7-16,19-20H2,1-6H3. The average Bonchev–Trinajstić information content (AvgIpc) is 3.69. The van der Waals surface area contributed by atoms with Gasteiger partial charge in [-0.2, -0.15) is 5.26 Å². The Hall–Kier alpha value is -2.20. The number of nitriles is 1. The van der Waals surface area contributed by atoms with E-state index in [0.717, 1.165) is 77.2 Å². The minimum atomic E-state index is -0.619. The zero-order valence-corrected chi connectivity index (χ0v) is 31.0. The van der Waals surface area contributed by atoms with Crippen molar-refractivity contribution in [3.05, 3.63) is 19.6 Å². The van der Waals surface area contributed by atoms with E-state index in [1.165, 1.54) is 47.0 Å². The Morgan fingerprint density at radius 2 is 1.17 bits per heavy atom. The summed E-state index contributed by atoms with van der Waals surface area (Å²) in [6.45, 7) is 13.7. The SMILES string of the molecule is CCCCC(CC)COC(=O)C(C#N)=C1Sc2c(OCC)c3c(c(OCC)c2S1)SC(=C(C=N)C(=O)OCC(CC)CCCC)S3. The molecule has 2 aliphatic rings. The fourth-order valence-electron chi connectivity index (χ4n) is 4.87. The molecule has 8 nitrogen and oxygen atoms in total. The molecule has 0 fully saturated rings. The van der Waals surface area contributed by atoms with Crippen molar-refractivity contribution in [2.75, 3.05) is 26.4 Å². The summed E-state index contributed by atoms with van der Waals surface area (Å²) in [5.41, 5.74) is 0.168. The van der Waals surface area contributed by atoms with Crippen molar-refractivity contribution in [2.45, 2.75) is 112 Å². The van der Waals surface area contributed by atoms with Crippen LogP contribution in [0.1, 0.15) is 92.9 Å². The maximum absolute atomic E-state index is 13.2. The number of unbranched alkanes of at least 4 members (excludes halogenated alkanes) is 2. The van der Waals surface area contributed by atoms with Crippen LogP contribution in [0.3, 0.4) is 0 Å². The largest absolute Gasteiger partial charge is 0.491 e. The van der Waals surface area contributed by atoms with Crippen molar-refractivity contribution in [1.29, 1.82) is 10.7 Å². The van der Waals surface area contributed by atoms with Gasteiger partial charge >= 0.3 is 11.9 Å². The molecule has 12 heteroatoms. The molecule has 2 aliphatic heterocycles. The molecule has 0 aliphatic carbocycles. The molecule has 0 saturated carbocycles. The molecule has 0 aromatic heterocycles. The van der Waals surface area contributed by atoms with Crippen molar-refractivity contribution < 1.29 is 28.5 Å². The molecule has 0 bridgehead atoms. The lowest BCUT2D eigenvalue weighted by Gasteiger charge is -2.16. The van der Waals surface area contributed by atoms with Crippen molar-refractivity contribution in [3.63, 3.8) is 0 Å². The summed E-state index contributed by atoms with van der Waals surface area (Å²) in [4.78, 5) is 29.4. The molecule has 0 saturated heterocycles. The van der Waals surface area contributed by atoms with Gasteiger partial charge < -0.3 is 24.4 Å². The van der Waals surface area contributed by atoms with Crippen LogP contribution >= 0.6 is 47.0 Å². The number of ether oxygens (including phenoxy) is 4. The molecular formula is C34H46N2O6S4. The highest BCUT2D eigenvalue weighted by Gasteiger charge is 2.39. The number of esters is 2. The van der Waals surface area contributed by atoms with Crippen molar-refractivity contribution in [2.24, 2.45) is 11.8 Å². The molecule has 2 heterocycles. The van der Waals surface area contributed by atoms with Crippen LogP contribution in [-0.2, 0) is 19.1 Å². The van der Waals surface area contributed by atoms with Gasteiger partial charge in [0.1, 0.15) is 17.6 Å². The normalized spacial score (nSPS) is 14.5. The van der Waals surface area contributed by atoms with E-state index in [0.29, 0.717) is 45.7 Å². The summed E-state index contributed by atoms with van der Waals surface area (Å²) in [7, 11) is 0. The van der Waals surface area contributed by atoms with Gasteiger partial charge in [0.05, 0.1) is 60.1 Å². The highest BCUT2D eigenvalue weighted by atomic mass is 32.2. The molecule has 1 aromatic carbocycles. The van der Waals surface area contributed by atoms with Gasteiger partial charge in [-0.15, -0.1) is 0 Å². The highest BCUT2D eigenvalue weighted by molar-refractivity contribution is 8.26. The molecule has 2 unspecified atom stereocenters. The number of hydrogen-bond acceptors (Lipinski definition) is 12. The first-order valence-corrected chi connectivity index (χ1v) is 19.5. The topological polar surface area (TPSA) is 119 Å². The van der Waals surface area contributed by atoms with Crippen molar-refractivity contribution in [1.82, 2.24) is 0 Å². The van der Waals surface area contributed by atoms with E-state index in [9.17, 15) is 14.9 Å². The molecule has 2 atom stereocenters. The molecule has 3 rings (SSSR count). The van der Waals surface area contributed by atoms with Gasteiger partial charge in [-0.1, -0.05) is 113 Å². The summed E-state index contributed by atoms with van der Waals surface area (Å²) in [5.74, 6) is 0.640. The molecular weight excluding hydrogens is 661 g/mol. The number of nitrogens with zero attached hydrogens (tertiary/aromatic N) is 1. The van der Waals surface area contributed by atoms with Gasteiger partial charge in [0.2, 0.25) is 0 Å². The van der Waals surface area contributed by atoms with Crippen LogP contribution in [0.25, 0.3) is 0 Å². The number of thioether (sulfide) groups is 4. The lowest BCUT2D eigenvalue weighted by atomic mass is 10.0. The number of carbonyl (C=O) groups excluding carboxylic acids is 2. The number of hydrogen-bond donors (Lipinski definition) is 1. The summed E-state index contributed by atoms with van der Waals surface area (Å²) in [5, 5.41) is 18.1. The van der Waals surface area contributed by atoms with Gasteiger partial charge in [0.25, 0.3) is 0 Å². The summed E-state index contributed by atoms with van der Waals surface area (Å²) in [6.07, 6.45) is 9.21. The van der Waals surface area contributed by atoms with E-state index < -0.39 is 11.9 Å². The minimum absolute atomic E-state index is 0.0272. The first-order valence-electron chi connectivity index (χ1n) is 16.3. The molecule has 252 valence electrons. The van der Waals surface area contributed by atoms with Crippen LogP contribution < -0.4 is 9.47 Å². The summed E-state index contributed by atoms with van der Waals surface area (Å²) in [6, 6.07) is 2.09. The van der Waals surface area contributed by atoms with E-state index in [1.807, 2.05) is 13.8 Å². The Balaban J connectivity index is 1.95. The van der Waals surface area contributed by atoms with Crippen molar-refractivity contribution in [3.8, 4) is 17.6 Å². The lowest BCUT2D eigenvalue weighted by molar-refractivity contribution is -0.140. The number of nitrogens with one attached hydrogen (secondary N) is 1. The Bertz CT molecular complexity index is 1320. The second kappa shape index (κ2) is 19.6. The van der Waals surface area contributed by atoms with Crippen LogP contribution in [0, 0.1) is 28.6 Å². The third-order valence-corrected chi connectivity index (χ3v) is 12.9. The Kier molecular flexibility index (Phi) is 16.3. The van der Waals surface area contributed by atoms with E-state index >= 15 is 0 Å². The quantitative estimate of drug-likeness (QED) is 0.0641. The Morgan fingerprint density at radius 3 is 1.54 bits per heavy atom. The molecule has 1 aromatic rings. The van der Waals surface area contributed by atoms with Gasteiger partial charge in [0, 0.05) is 6.21 Å². The minimum Gasteiger partial charge on any atom is -0.491 e. The van der Waals surface area contributed by atoms with E-state index in [-0.39, 0.29) is 23.7 Å². The third-order valence-electron chi connectivity index (χ3n) is 7.68. The molecule has 1 N–H and O–H groups in total. The van der Waals surface area contributed by atoms with Gasteiger partial charge in [-0.3, -0.25) is 0 Å². The van der Waals surface area contributed by atoms with Crippen molar-refractivity contribution >= 4 is 65.2 Å². The predicted octanol–water partition coefficient (Wildman–Crippen LogP) is 10.00. The van der Waals surface area contributed by atoms with Gasteiger partial charge in [-0.05, 0) is 38.5 Å². The first kappa shape index (κ1) is 38.2. The highest BCUT2D eigenvalue weighted by Crippen LogP contribution is 2.68. The van der Waals surface area contributed by atoms with Crippen LogP contribution in [0.2, 0.25) is 0 Å². The fraction of sp³-hybridized carbons (Fsp3) is 0.588. The number of carbonyl (C=O) groups is 2. The molecule has 0 spiro atoms. The third kappa shape index (κ3) is 9.45. The lowest BCUT2D eigenvalue weighted by Crippen LogP contribution is -2.16. The van der Waals surface area contributed by atoms with Gasteiger partial charge in [-0.25, -0.2) is 9.59 Å². The Morgan fingerprint density at radius 1 is 0.739 bits per heavy atom. The average molecular weight is 707 g/mol. The molecule has 46 heavy (non-hydrogen) atoms. The monoisotopic (exact) mass is 706 g/mol. The second-order valence-electron chi connectivity index (χ2n) is 10.9. The van der Waals surface area contributed by atoms with Crippen LogP contribution in [0.5, 0.6) is 11.5 Å². The van der Waals surface area contributed by atoms with Gasteiger partial charge in [0.15, 0.2) is 5.57 Å². The van der Waals surface area contributed by atoms with Crippen LogP contribution in [0.15, 0.2) is 39.2 Å². The molecule has 0 radical (unpaired) electrons. The number of rotatable bonds is 19. The smallest absolute Gasteiger partial charge is 0.350 e. The number of fused-ring (bicyclic) bond motifs is 2. The zero-order chi connectivity index (χ0) is 33.6. The summed E-state index contributed by atoms with van der Waals surface area (Å²) < 4.78 is 24.9. The van der Waals surface area contributed by atoms with Crippen LogP contribution in [-0.4, -0.2) is 44.6 Å². The Labute approximate surface area is 291 Å². The first-order chi connectivity index (χ1) is 22.3. The van der Waals surface area contributed by atoms with E-state index in [4.69, 9.17) is 24.4 Å². The number of benzene rings is 1. The maximum atomic E-state index is 13.2. The zero-order valence-electron chi connectivity index (χ0n) is 27.7. The predicted molar refractivity (Wildman–Crippen MR) is 189 cm³/mol. The fourth-order valence-corrected chi connectivity index (χ4v) is 10.3. The van der Waals surface area contributed by atoms with E-state index in [2.05, 4.69) is 33.8 Å². The molecule has 0 amide bonds. The van der Waals surface area contributed by atoms with Crippen LogP contribution in [0.4, 0.5) is 0 Å². The summed E-state index contributed by atoms with van der Waals surface area (Å²) >= 11 is 5.32. The second-order valence-corrected chi connectivity index (χ2v) is 15.5. The maximum Gasteiger partial charge on any atom is 0.350 e. The van der Waals surface area contributed by atoms with E-state index in [1.54, 1.807) is 0 Å².